The molecule has 1 fully saturated rings. The van der Waals surface area contributed by atoms with Crippen molar-refractivity contribution in [2.45, 2.75) is 6.92 Å². The molecule has 1 aromatic heterocycles. The number of amides is 2. The molecule has 0 unspecified atom stereocenters. The van der Waals surface area contributed by atoms with Crippen molar-refractivity contribution in [3.63, 3.8) is 0 Å². The highest BCUT2D eigenvalue weighted by atomic mass is 35.5. The molecule has 0 atom stereocenters. The second-order valence-electron chi connectivity index (χ2n) is 10.2. The minimum absolute atomic E-state index is 0.310. The predicted molar refractivity (Wildman–Crippen MR) is 174 cm³/mol. The van der Waals surface area contributed by atoms with E-state index in [1.54, 1.807) is 30.3 Å². The molecule has 0 saturated carbocycles. The topological polar surface area (TPSA) is 115 Å². The van der Waals surface area contributed by atoms with Crippen LogP contribution in [-0.4, -0.2) is 59.9 Å². The van der Waals surface area contributed by atoms with E-state index >= 15 is 0 Å². The minimum atomic E-state index is -0.400. The Balaban J connectivity index is 1.42. The summed E-state index contributed by atoms with van der Waals surface area (Å²) < 4.78 is 0. The van der Waals surface area contributed by atoms with Crippen LogP contribution >= 0.6 is 11.6 Å². The van der Waals surface area contributed by atoms with Crippen molar-refractivity contribution in [3.05, 3.63) is 102 Å². The Kier molecular flexibility index (Phi) is 9.19. The summed E-state index contributed by atoms with van der Waals surface area (Å²) in [6, 6.07) is 20.5. The van der Waals surface area contributed by atoms with E-state index in [1.807, 2.05) is 31.2 Å². The molecule has 220 valence electrons. The second kappa shape index (κ2) is 13.4. The first kappa shape index (κ1) is 29.6. The first-order valence-electron chi connectivity index (χ1n) is 13.8. The van der Waals surface area contributed by atoms with Crippen LogP contribution in [0.2, 0.25) is 5.02 Å². The zero-order valence-electron chi connectivity index (χ0n) is 24.0. The maximum Gasteiger partial charge on any atom is 0.257 e. The highest BCUT2D eigenvalue weighted by Gasteiger charge is 2.18. The first-order valence-corrected chi connectivity index (χ1v) is 14.2. The Morgan fingerprint density at radius 2 is 1.60 bits per heavy atom. The Morgan fingerprint density at radius 1 is 0.884 bits per heavy atom. The van der Waals surface area contributed by atoms with Crippen molar-refractivity contribution in [1.82, 2.24) is 14.9 Å². The monoisotopic (exact) mass is 596 g/mol. The fourth-order valence-electron chi connectivity index (χ4n) is 4.69. The molecule has 4 N–H and O–H groups in total. The number of carbonyl (C=O) groups is 2. The van der Waals surface area contributed by atoms with Gasteiger partial charge in [-0.3, -0.25) is 9.59 Å². The standard InChI is InChI=1S/C32H33ClN8O2/c1-4-28(42)36-25-10-5-6-11-26(25)37-30-27(38-31(43)29-21(2)8-7-9-24(29)33)20-34-32(39-30)35-22-12-14-23(15-13-22)41-18-16-40(3)17-19-41/h4-15,20H,1,16-19H2,2-3H3,(H,36,42)(H,38,43)(H2,34,35,37,39). The van der Waals surface area contributed by atoms with Crippen molar-refractivity contribution in [2.24, 2.45) is 0 Å². The van der Waals surface area contributed by atoms with Crippen LogP contribution in [0.15, 0.2) is 85.6 Å². The van der Waals surface area contributed by atoms with Gasteiger partial charge in [0.2, 0.25) is 11.9 Å². The number of benzene rings is 3. The molecule has 2 heterocycles. The van der Waals surface area contributed by atoms with Crippen LogP contribution in [0, 0.1) is 6.92 Å². The van der Waals surface area contributed by atoms with E-state index in [9.17, 15) is 9.59 Å². The zero-order chi connectivity index (χ0) is 30.3. The third kappa shape index (κ3) is 7.29. The number of nitrogens with zero attached hydrogens (tertiary/aromatic N) is 4. The molecule has 0 spiro atoms. The Hall–Kier alpha value is -4.93. The molecule has 3 aromatic carbocycles. The number of anilines is 7. The van der Waals surface area contributed by atoms with Gasteiger partial charge >= 0.3 is 0 Å². The normalized spacial score (nSPS) is 13.2. The summed E-state index contributed by atoms with van der Waals surface area (Å²) >= 11 is 6.35. The van der Waals surface area contributed by atoms with Crippen LogP contribution in [0.25, 0.3) is 0 Å². The van der Waals surface area contributed by atoms with Gasteiger partial charge in [-0.25, -0.2) is 4.98 Å². The van der Waals surface area contributed by atoms with Gasteiger partial charge in [0.1, 0.15) is 5.69 Å². The SMILES string of the molecule is C=CC(=O)Nc1ccccc1Nc1nc(Nc2ccc(N3CCN(C)CC3)cc2)ncc1NC(=O)c1c(C)cccc1Cl. The van der Waals surface area contributed by atoms with Gasteiger partial charge in [-0.2, -0.15) is 4.98 Å². The van der Waals surface area contributed by atoms with Crippen molar-refractivity contribution in [3.8, 4) is 0 Å². The lowest BCUT2D eigenvalue weighted by molar-refractivity contribution is -0.111. The molecule has 10 nitrogen and oxygen atoms in total. The summed E-state index contributed by atoms with van der Waals surface area (Å²) in [5.41, 5.74) is 4.46. The molecule has 0 bridgehead atoms. The molecular weight excluding hydrogens is 564 g/mol. The smallest absolute Gasteiger partial charge is 0.257 e. The third-order valence-corrected chi connectivity index (χ3v) is 7.42. The number of halogens is 1. The molecule has 1 aliphatic heterocycles. The number of hydrogen-bond donors (Lipinski definition) is 4. The summed E-state index contributed by atoms with van der Waals surface area (Å²) in [5, 5.41) is 12.5. The van der Waals surface area contributed by atoms with Crippen LogP contribution in [0.1, 0.15) is 15.9 Å². The number of likely N-dealkylation sites (N-methyl/N-ethyl adjacent to an activating group) is 1. The molecule has 0 radical (unpaired) electrons. The van der Waals surface area contributed by atoms with Gasteiger partial charge in [0.15, 0.2) is 5.82 Å². The predicted octanol–water partition coefficient (Wildman–Crippen LogP) is 6.05. The Labute approximate surface area is 255 Å². The second-order valence-corrected chi connectivity index (χ2v) is 10.6. The van der Waals surface area contributed by atoms with Gasteiger partial charge in [0.25, 0.3) is 5.91 Å². The fourth-order valence-corrected chi connectivity index (χ4v) is 5.00. The van der Waals surface area contributed by atoms with E-state index in [-0.39, 0.29) is 5.91 Å². The number of nitrogens with one attached hydrogen (secondary N) is 4. The summed E-state index contributed by atoms with van der Waals surface area (Å²) in [6.07, 6.45) is 2.71. The van der Waals surface area contributed by atoms with Crippen molar-refractivity contribution in [1.29, 1.82) is 0 Å². The molecular formula is C32H33ClN8O2. The number of aromatic nitrogens is 2. The van der Waals surface area contributed by atoms with Gasteiger partial charge in [-0.05, 0) is 68.1 Å². The minimum Gasteiger partial charge on any atom is -0.369 e. The van der Waals surface area contributed by atoms with Crippen LogP contribution in [0.4, 0.5) is 40.2 Å². The molecule has 4 aromatic rings. The van der Waals surface area contributed by atoms with Gasteiger partial charge in [0, 0.05) is 37.6 Å². The van der Waals surface area contributed by atoms with E-state index in [4.69, 9.17) is 11.6 Å². The maximum absolute atomic E-state index is 13.3. The van der Waals surface area contributed by atoms with E-state index < -0.39 is 5.91 Å². The average Bonchev–Trinajstić information content (AvgIpc) is 3.00. The first-order chi connectivity index (χ1) is 20.8. The molecule has 2 amide bonds. The number of para-hydroxylation sites is 2. The van der Waals surface area contributed by atoms with Crippen molar-refractivity contribution < 1.29 is 9.59 Å². The summed E-state index contributed by atoms with van der Waals surface area (Å²) in [5.74, 6) is -0.135. The molecule has 0 aliphatic carbocycles. The number of rotatable bonds is 9. The Morgan fingerprint density at radius 3 is 2.30 bits per heavy atom. The quantitative estimate of drug-likeness (QED) is 0.173. The fraction of sp³-hybridized carbons (Fsp3) is 0.188. The lowest BCUT2D eigenvalue weighted by Gasteiger charge is -2.34. The third-order valence-electron chi connectivity index (χ3n) is 7.10. The highest BCUT2D eigenvalue weighted by Crippen LogP contribution is 2.31. The van der Waals surface area contributed by atoms with E-state index in [0.717, 1.165) is 43.1 Å². The van der Waals surface area contributed by atoms with E-state index in [0.29, 0.717) is 39.4 Å². The highest BCUT2D eigenvalue weighted by molar-refractivity contribution is 6.34. The van der Waals surface area contributed by atoms with Gasteiger partial charge in [0.05, 0.1) is 28.2 Å². The van der Waals surface area contributed by atoms with E-state index in [2.05, 4.69) is 66.8 Å². The lowest BCUT2D eigenvalue weighted by Crippen LogP contribution is -2.44. The molecule has 5 rings (SSSR count). The molecule has 11 heteroatoms. The Bertz CT molecular complexity index is 1610. The van der Waals surface area contributed by atoms with Crippen LogP contribution in [0.3, 0.4) is 0 Å². The molecule has 1 saturated heterocycles. The van der Waals surface area contributed by atoms with Crippen LogP contribution in [-0.2, 0) is 4.79 Å². The van der Waals surface area contributed by atoms with Crippen molar-refractivity contribution >= 4 is 63.6 Å². The number of aryl methyl sites for hydroxylation is 1. The van der Waals surface area contributed by atoms with Crippen LogP contribution < -0.4 is 26.2 Å². The summed E-state index contributed by atoms with van der Waals surface area (Å²) in [7, 11) is 2.14. The largest absolute Gasteiger partial charge is 0.369 e. The van der Waals surface area contributed by atoms with Crippen LogP contribution in [0.5, 0.6) is 0 Å². The number of hydrogen-bond acceptors (Lipinski definition) is 8. The zero-order valence-corrected chi connectivity index (χ0v) is 24.8. The molecule has 1 aliphatic rings. The van der Waals surface area contributed by atoms with Crippen molar-refractivity contribution in [2.75, 3.05) is 59.4 Å². The number of carbonyl (C=O) groups excluding carboxylic acids is 2. The molecule has 43 heavy (non-hydrogen) atoms. The van der Waals surface area contributed by atoms with Gasteiger partial charge in [-0.1, -0.05) is 42.4 Å². The number of piperazine rings is 1. The van der Waals surface area contributed by atoms with Gasteiger partial charge < -0.3 is 31.1 Å². The average molecular weight is 597 g/mol. The maximum atomic E-state index is 13.3. The van der Waals surface area contributed by atoms with E-state index in [1.165, 1.54) is 12.3 Å². The summed E-state index contributed by atoms with van der Waals surface area (Å²) in [4.78, 5) is 39.2. The van der Waals surface area contributed by atoms with Gasteiger partial charge in [-0.15, -0.1) is 0 Å². The summed E-state index contributed by atoms with van der Waals surface area (Å²) in [6.45, 7) is 9.37. The lowest BCUT2D eigenvalue weighted by atomic mass is 10.1.